The molecule has 50 heavy (non-hydrogen) atoms. The number of amidine groups is 1. The molecule has 0 saturated carbocycles. The van der Waals surface area contributed by atoms with Gasteiger partial charge >= 0.3 is 18.3 Å². The van der Waals surface area contributed by atoms with Gasteiger partial charge in [0.05, 0.1) is 6.61 Å². The SMILES string of the molecule is CC(=N)c1ccc(OCCCC(CCCCCCCCCCCC(=NC(=O)OC(C)(C)C)NC(=O)OC(C)(C)C)=NC(=O)OC(C)(C)C)cc1. The summed E-state index contributed by atoms with van der Waals surface area (Å²) >= 11 is 0. The van der Waals surface area contributed by atoms with Crippen molar-refractivity contribution < 1.29 is 33.3 Å². The third-order valence-electron chi connectivity index (χ3n) is 6.95. The van der Waals surface area contributed by atoms with Gasteiger partial charge in [0.1, 0.15) is 28.4 Å². The van der Waals surface area contributed by atoms with Crippen molar-refractivity contribution in [2.75, 3.05) is 6.61 Å². The first-order valence-electron chi connectivity index (χ1n) is 18.1. The first kappa shape index (κ1) is 44.3. The largest absolute Gasteiger partial charge is 0.494 e. The van der Waals surface area contributed by atoms with E-state index in [-0.39, 0.29) is 5.84 Å². The number of carbonyl (C=O) groups excluding carboxylic acids is 3. The van der Waals surface area contributed by atoms with Crippen molar-refractivity contribution in [2.24, 2.45) is 9.98 Å². The summed E-state index contributed by atoms with van der Waals surface area (Å²) in [6.07, 6.45) is 9.93. The second-order valence-electron chi connectivity index (χ2n) is 15.6. The van der Waals surface area contributed by atoms with Crippen molar-refractivity contribution in [1.29, 1.82) is 5.41 Å². The van der Waals surface area contributed by atoms with Crippen molar-refractivity contribution in [2.45, 2.75) is 170 Å². The number of hydrogen-bond acceptors (Lipinski definition) is 8. The summed E-state index contributed by atoms with van der Waals surface area (Å²) in [7, 11) is 0. The Balaban J connectivity index is 2.43. The Labute approximate surface area is 300 Å². The Morgan fingerprint density at radius 1 is 0.620 bits per heavy atom. The average Bonchev–Trinajstić information content (AvgIpc) is 2.95. The van der Waals surface area contributed by atoms with Gasteiger partial charge < -0.3 is 24.4 Å². The highest BCUT2D eigenvalue weighted by molar-refractivity contribution is 6.00. The molecular formula is C39H64N4O7. The van der Waals surface area contributed by atoms with Crippen LogP contribution in [0.25, 0.3) is 0 Å². The van der Waals surface area contributed by atoms with Gasteiger partial charge in [-0.15, -0.1) is 0 Å². The maximum Gasteiger partial charge on any atom is 0.435 e. The molecule has 1 rings (SSSR count). The first-order chi connectivity index (χ1) is 23.2. The topological polar surface area (TPSA) is 149 Å². The van der Waals surface area contributed by atoms with Gasteiger partial charge in [0.2, 0.25) is 0 Å². The molecule has 0 radical (unpaired) electrons. The highest BCUT2D eigenvalue weighted by Gasteiger charge is 2.20. The van der Waals surface area contributed by atoms with Gasteiger partial charge in [-0.3, -0.25) is 5.32 Å². The Morgan fingerprint density at radius 3 is 1.54 bits per heavy atom. The summed E-state index contributed by atoms with van der Waals surface area (Å²) in [5.41, 5.74) is 0.285. The van der Waals surface area contributed by atoms with Crippen LogP contribution in [-0.4, -0.2) is 58.9 Å². The number of hydrogen-bond donors (Lipinski definition) is 2. The van der Waals surface area contributed by atoms with E-state index in [9.17, 15) is 14.4 Å². The lowest BCUT2D eigenvalue weighted by atomic mass is 10.0. The Bertz CT molecular complexity index is 1270. The quantitative estimate of drug-likeness (QED) is 0.0669. The third kappa shape index (κ3) is 24.4. The molecule has 0 heterocycles. The minimum absolute atomic E-state index is 0.250. The third-order valence-corrected chi connectivity index (χ3v) is 6.95. The maximum absolute atomic E-state index is 12.4. The van der Waals surface area contributed by atoms with E-state index in [1.807, 2.05) is 45.0 Å². The van der Waals surface area contributed by atoms with E-state index in [2.05, 4.69) is 15.3 Å². The molecule has 1 aromatic rings. The Morgan fingerprint density at radius 2 is 1.06 bits per heavy atom. The zero-order chi connectivity index (χ0) is 37.8. The van der Waals surface area contributed by atoms with Gasteiger partial charge in [0, 0.05) is 17.8 Å². The molecule has 2 N–H and O–H groups in total. The molecule has 11 heteroatoms. The summed E-state index contributed by atoms with van der Waals surface area (Å²) in [4.78, 5) is 45.2. The van der Waals surface area contributed by atoms with E-state index in [0.717, 1.165) is 87.7 Å². The Kier molecular flexibility index (Phi) is 19.6. The van der Waals surface area contributed by atoms with Crippen LogP contribution in [0.5, 0.6) is 5.75 Å². The van der Waals surface area contributed by atoms with E-state index in [1.165, 1.54) is 0 Å². The number of rotatable bonds is 18. The fraction of sp³-hybridized carbons (Fsp3) is 0.692. The lowest BCUT2D eigenvalue weighted by molar-refractivity contribution is 0.0557. The van der Waals surface area contributed by atoms with Gasteiger partial charge in [-0.2, -0.15) is 9.98 Å². The summed E-state index contributed by atoms with van der Waals surface area (Å²) in [6, 6.07) is 7.50. The number of alkyl carbamates (subject to hydrolysis) is 1. The van der Waals surface area contributed by atoms with Crippen molar-refractivity contribution in [3.05, 3.63) is 29.8 Å². The van der Waals surface area contributed by atoms with Crippen molar-refractivity contribution in [1.82, 2.24) is 5.32 Å². The molecule has 0 aliphatic heterocycles. The van der Waals surface area contributed by atoms with E-state index in [4.69, 9.17) is 24.4 Å². The molecule has 0 fully saturated rings. The predicted molar refractivity (Wildman–Crippen MR) is 201 cm³/mol. The van der Waals surface area contributed by atoms with Crippen LogP contribution in [0.1, 0.15) is 158 Å². The fourth-order valence-corrected chi connectivity index (χ4v) is 4.74. The van der Waals surface area contributed by atoms with Gasteiger partial charge in [0.15, 0.2) is 0 Å². The zero-order valence-corrected chi connectivity index (χ0v) is 32.5. The number of nitrogens with one attached hydrogen (secondary N) is 2. The molecule has 0 bridgehead atoms. The molecular weight excluding hydrogens is 636 g/mol. The number of amides is 3. The molecule has 0 aromatic heterocycles. The zero-order valence-electron chi connectivity index (χ0n) is 32.5. The number of carbonyl (C=O) groups is 3. The molecule has 0 spiro atoms. The Hall–Kier alpha value is -3.76. The highest BCUT2D eigenvalue weighted by Crippen LogP contribution is 2.17. The molecule has 1 aromatic carbocycles. The average molecular weight is 701 g/mol. The predicted octanol–water partition coefficient (Wildman–Crippen LogP) is 10.8. The lowest BCUT2D eigenvalue weighted by Gasteiger charge is -2.20. The number of benzene rings is 1. The van der Waals surface area contributed by atoms with Crippen LogP contribution < -0.4 is 10.1 Å². The second kappa shape index (κ2) is 22.1. The molecule has 0 saturated heterocycles. The number of unbranched alkanes of at least 4 members (excludes halogenated alkanes) is 8. The fourth-order valence-electron chi connectivity index (χ4n) is 4.74. The molecule has 0 atom stereocenters. The van der Waals surface area contributed by atoms with Crippen LogP contribution in [0.3, 0.4) is 0 Å². The van der Waals surface area contributed by atoms with E-state index in [0.29, 0.717) is 25.2 Å². The summed E-state index contributed by atoms with van der Waals surface area (Å²) < 4.78 is 21.9. The van der Waals surface area contributed by atoms with Crippen molar-refractivity contribution in [3.63, 3.8) is 0 Å². The molecule has 11 nitrogen and oxygen atoms in total. The molecule has 282 valence electrons. The molecule has 0 unspecified atom stereocenters. The number of nitrogens with zero attached hydrogens (tertiary/aromatic N) is 2. The molecule has 0 aliphatic carbocycles. The van der Waals surface area contributed by atoms with Crippen LogP contribution >= 0.6 is 0 Å². The van der Waals surface area contributed by atoms with E-state index < -0.39 is 35.1 Å². The minimum atomic E-state index is -0.738. The first-order valence-corrected chi connectivity index (χ1v) is 18.1. The molecule has 3 amide bonds. The highest BCUT2D eigenvalue weighted by atomic mass is 16.6. The van der Waals surface area contributed by atoms with E-state index in [1.54, 1.807) is 48.5 Å². The van der Waals surface area contributed by atoms with Crippen LogP contribution in [0, 0.1) is 5.41 Å². The van der Waals surface area contributed by atoms with Crippen LogP contribution in [0.2, 0.25) is 0 Å². The minimum Gasteiger partial charge on any atom is -0.494 e. The van der Waals surface area contributed by atoms with Gasteiger partial charge in [-0.1, -0.05) is 44.9 Å². The summed E-state index contributed by atoms with van der Waals surface area (Å²) in [5.74, 6) is 1.01. The summed E-state index contributed by atoms with van der Waals surface area (Å²) in [5, 5.41) is 10.3. The monoisotopic (exact) mass is 700 g/mol. The number of ether oxygens (including phenoxy) is 4. The van der Waals surface area contributed by atoms with E-state index >= 15 is 0 Å². The van der Waals surface area contributed by atoms with Gasteiger partial charge in [-0.25, -0.2) is 14.4 Å². The van der Waals surface area contributed by atoms with Gasteiger partial charge in [0.25, 0.3) is 0 Å². The standard InChI is InChI=1S/C39H64N4O7/c1-29(40)30-24-26-32(27-25-30)47-28-20-22-31(41-34(44)48-37(2,3)4)21-18-16-14-12-11-13-15-17-19-23-33(42-35(45)49-38(5,6)7)43-36(46)50-39(8,9)10/h24-27,40H,11-23,28H2,1-10H3,(H,42,43,45,46). The van der Waals surface area contributed by atoms with Gasteiger partial charge in [-0.05, 0) is 131 Å². The number of aliphatic imine (C=N–C) groups is 2. The lowest BCUT2D eigenvalue weighted by Crippen LogP contribution is -2.37. The van der Waals surface area contributed by atoms with Crippen LogP contribution in [0.15, 0.2) is 34.3 Å². The second-order valence-corrected chi connectivity index (χ2v) is 15.6. The van der Waals surface area contributed by atoms with Crippen molar-refractivity contribution in [3.8, 4) is 5.75 Å². The van der Waals surface area contributed by atoms with Crippen molar-refractivity contribution >= 4 is 35.5 Å². The smallest absolute Gasteiger partial charge is 0.435 e. The van der Waals surface area contributed by atoms with Crippen LogP contribution in [-0.2, 0) is 14.2 Å². The maximum atomic E-state index is 12.4. The normalized spacial score (nSPS) is 12.7. The van der Waals surface area contributed by atoms with Crippen LogP contribution in [0.4, 0.5) is 14.4 Å². The summed E-state index contributed by atoms with van der Waals surface area (Å²) in [6.45, 7) is 18.4. The molecule has 0 aliphatic rings.